The van der Waals surface area contributed by atoms with Gasteiger partial charge in [-0.15, -0.1) is 0 Å². The molecule has 0 bridgehead atoms. The highest BCUT2D eigenvalue weighted by molar-refractivity contribution is 9.10. The molecule has 0 radical (unpaired) electrons. The maximum absolute atomic E-state index is 14.2. The second-order valence-corrected chi connectivity index (χ2v) is 5.74. The number of hydrogen-bond donors (Lipinski definition) is 1. The van der Waals surface area contributed by atoms with Crippen molar-refractivity contribution in [1.82, 2.24) is 5.32 Å². The molecular formula is C14H15BrFNS. The molecule has 1 heterocycles. The molecule has 1 aromatic heterocycles. The van der Waals surface area contributed by atoms with E-state index < -0.39 is 0 Å². The number of rotatable bonds is 4. The summed E-state index contributed by atoms with van der Waals surface area (Å²) in [5, 5.41) is 7.54. The largest absolute Gasteiger partial charge is 0.306 e. The van der Waals surface area contributed by atoms with Gasteiger partial charge in [0, 0.05) is 5.56 Å². The second-order valence-electron chi connectivity index (χ2n) is 4.14. The first-order valence-electron chi connectivity index (χ1n) is 5.85. The van der Waals surface area contributed by atoms with E-state index in [9.17, 15) is 4.39 Å². The molecule has 0 spiro atoms. The summed E-state index contributed by atoms with van der Waals surface area (Å²) >= 11 is 4.90. The van der Waals surface area contributed by atoms with Crippen molar-refractivity contribution in [3.63, 3.8) is 0 Å². The van der Waals surface area contributed by atoms with Gasteiger partial charge in [0.25, 0.3) is 0 Å². The first-order chi connectivity index (χ1) is 8.65. The molecule has 18 heavy (non-hydrogen) atoms. The number of nitrogens with one attached hydrogen (secondary N) is 1. The fourth-order valence-electron chi connectivity index (χ4n) is 2.00. The summed E-state index contributed by atoms with van der Waals surface area (Å²) in [7, 11) is 0. The Morgan fingerprint density at radius 2 is 2.11 bits per heavy atom. The van der Waals surface area contributed by atoms with Gasteiger partial charge in [-0.1, -0.05) is 19.1 Å². The first-order valence-corrected chi connectivity index (χ1v) is 7.58. The van der Waals surface area contributed by atoms with Crippen LogP contribution in [0.3, 0.4) is 0 Å². The van der Waals surface area contributed by atoms with Gasteiger partial charge in [0.05, 0.1) is 10.5 Å². The highest BCUT2D eigenvalue weighted by Gasteiger charge is 2.20. The van der Waals surface area contributed by atoms with E-state index in [0.29, 0.717) is 10.0 Å². The van der Waals surface area contributed by atoms with Gasteiger partial charge in [-0.3, -0.25) is 0 Å². The summed E-state index contributed by atoms with van der Waals surface area (Å²) < 4.78 is 14.7. The van der Waals surface area contributed by atoms with Crippen molar-refractivity contribution in [2.24, 2.45) is 0 Å². The van der Waals surface area contributed by atoms with E-state index in [1.165, 1.54) is 5.56 Å². The molecule has 0 saturated heterocycles. The third-order valence-electron chi connectivity index (χ3n) is 2.91. The van der Waals surface area contributed by atoms with E-state index >= 15 is 0 Å². The van der Waals surface area contributed by atoms with Gasteiger partial charge in [0.15, 0.2) is 0 Å². The van der Waals surface area contributed by atoms with E-state index in [-0.39, 0.29) is 11.9 Å². The van der Waals surface area contributed by atoms with Crippen LogP contribution < -0.4 is 5.32 Å². The Kier molecular flexibility index (Phi) is 4.54. The van der Waals surface area contributed by atoms with E-state index in [1.807, 2.05) is 19.1 Å². The maximum atomic E-state index is 14.2. The van der Waals surface area contributed by atoms with Gasteiger partial charge in [0.2, 0.25) is 0 Å². The lowest BCUT2D eigenvalue weighted by atomic mass is 9.98. The first kappa shape index (κ1) is 13.7. The van der Waals surface area contributed by atoms with Crippen LogP contribution in [-0.2, 0) is 0 Å². The van der Waals surface area contributed by atoms with Crippen molar-refractivity contribution < 1.29 is 4.39 Å². The molecule has 1 unspecified atom stereocenters. The number of thiophene rings is 1. The van der Waals surface area contributed by atoms with Crippen molar-refractivity contribution in [2.75, 3.05) is 6.54 Å². The van der Waals surface area contributed by atoms with Crippen molar-refractivity contribution in [3.8, 4) is 0 Å². The molecule has 0 amide bonds. The number of benzene rings is 1. The molecular weight excluding hydrogens is 313 g/mol. The Bertz CT molecular complexity index is 538. The Balaban J connectivity index is 2.48. The van der Waals surface area contributed by atoms with Gasteiger partial charge < -0.3 is 5.32 Å². The van der Waals surface area contributed by atoms with Gasteiger partial charge >= 0.3 is 0 Å². The molecule has 0 fully saturated rings. The molecule has 1 nitrogen and oxygen atoms in total. The fraction of sp³-hybridized carbons (Fsp3) is 0.286. The van der Waals surface area contributed by atoms with E-state index in [1.54, 1.807) is 17.4 Å². The molecule has 2 rings (SSSR count). The van der Waals surface area contributed by atoms with Crippen LogP contribution in [-0.4, -0.2) is 6.54 Å². The fourth-order valence-corrected chi connectivity index (χ4v) is 3.26. The summed E-state index contributed by atoms with van der Waals surface area (Å²) in [4.78, 5) is 0. The standard InChI is InChI=1S/C14H15BrFNS/c1-3-17-14(11-8-18-7-9(11)2)10-5-4-6-12(15)13(10)16/h4-8,14,17H,3H2,1-2H3. The van der Waals surface area contributed by atoms with Gasteiger partial charge in [0.1, 0.15) is 5.82 Å². The minimum atomic E-state index is -0.186. The number of hydrogen-bond acceptors (Lipinski definition) is 2. The van der Waals surface area contributed by atoms with Crippen molar-refractivity contribution in [1.29, 1.82) is 0 Å². The topological polar surface area (TPSA) is 12.0 Å². The molecule has 0 aliphatic heterocycles. The average Bonchev–Trinajstić information content (AvgIpc) is 2.76. The van der Waals surface area contributed by atoms with Crippen molar-refractivity contribution in [3.05, 3.63) is 55.9 Å². The summed E-state index contributed by atoms with van der Waals surface area (Å²) in [5.41, 5.74) is 3.04. The third-order valence-corrected chi connectivity index (χ3v) is 4.40. The molecule has 1 aromatic carbocycles. The summed E-state index contributed by atoms with van der Waals surface area (Å²) in [6.45, 7) is 4.89. The minimum absolute atomic E-state index is 0.0845. The van der Waals surface area contributed by atoms with Crippen LogP contribution in [0.15, 0.2) is 33.4 Å². The van der Waals surface area contributed by atoms with E-state index in [2.05, 4.69) is 38.9 Å². The Hall–Kier alpha value is -0.710. The molecule has 1 atom stereocenters. The monoisotopic (exact) mass is 327 g/mol. The quantitative estimate of drug-likeness (QED) is 0.861. The molecule has 4 heteroatoms. The van der Waals surface area contributed by atoms with Gasteiger partial charge in [-0.05, 0) is 57.4 Å². The van der Waals surface area contributed by atoms with Crippen LogP contribution in [0.5, 0.6) is 0 Å². The van der Waals surface area contributed by atoms with Crippen molar-refractivity contribution >= 4 is 27.3 Å². The zero-order chi connectivity index (χ0) is 13.1. The lowest BCUT2D eigenvalue weighted by molar-refractivity contribution is 0.554. The van der Waals surface area contributed by atoms with Crippen LogP contribution in [0.1, 0.15) is 29.7 Å². The van der Waals surface area contributed by atoms with Crippen molar-refractivity contribution in [2.45, 2.75) is 19.9 Å². The van der Waals surface area contributed by atoms with Crippen LogP contribution in [0.4, 0.5) is 4.39 Å². The van der Waals surface area contributed by atoms with Gasteiger partial charge in [-0.25, -0.2) is 4.39 Å². The van der Waals surface area contributed by atoms with Crippen LogP contribution in [0, 0.1) is 12.7 Å². The molecule has 96 valence electrons. The molecule has 2 aromatic rings. The molecule has 1 N–H and O–H groups in total. The number of halogens is 2. The number of aryl methyl sites for hydroxylation is 1. The van der Waals surface area contributed by atoms with Crippen LogP contribution >= 0.6 is 27.3 Å². The molecule has 0 aliphatic carbocycles. The minimum Gasteiger partial charge on any atom is -0.306 e. The second kappa shape index (κ2) is 5.95. The lowest BCUT2D eigenvalue weighted by Crippen LogP contribution is -2.23. The van der Waals surface area contributed by atoms with Crippen LogP contribution in [0.25, 0.3) is 0 Å². The summed E-state index contributed by atoms with van der Waals surface area (Å²) in [6, 6.07) is 5.35. The Morgan fingerprint density at radius 1 is 1.33 bits per heavy atom. The predicted molar refractivity (Wildman–Crippen MR) is 78.7 cm³/mol. The average molecular weight is 328 g/mol. The highest BCUT2D eigenvalue weighted by Crippen LogP contribution is 2.31. The predicted octanol–water partition coefficient (Wildman–Crippen LogP) is 4.66. The van der Waals surface area contributed by atoms with E-state index in [4.69, 9.17) is 0 Å². The van der Waals surface area contributed by atoms with E-state index in [0.717, 1.165) is 12.1 Å². The zero-order valence-corrected chi connectivity index (χ0v) is 12.7. The SMILES string of the molecule is CCNC(c1cscc1C)c1cccc(Br)c1F. The smallest absolute Gasteiger partial charge is 0.142 e. The maximum Gasteiger partial charge on any atom is 0.142 e. The Morgan fingerprint density at radius 3 is 2.72 bits per heavy atom. The summed E-state index contributed by atoms with van der Waals surface area (Å²) in [6.07, 6.45) is 0. The summed E-state index contributed by atoms with van der Waals surface area (Å²) in [5.74, 6) is -0.186. The van der Waals surface area contributed by atoms with Gasteiger partial charge in [-0.2, -0.15) is 11.3 Å². The normalized spacial score (nSPS) is 12.7. The lowest BCUT2D eigenvalue weighted by Gasteiger charge is -2.19. The molecule has 0 aliphatic rings. The Labute approximate surface area is 119 Å². The third kappa shape index (κ3) is 2.66. The van der Waals surface area contributed by atoms with Crippen LogP contribution in [0.2, 0.25) is 0 Å². The highest BCUT2D eigenvalue weighted by atomic mass is 79.9. The molecule has 0 saturated carbocycles. The zero-order valence-electron chi connectivity index (χ0n) is 10.3.